The third kappa shape index (κ3) is 2.17. The molecular formula is C17H25NS. The molecule has 1 aromatic heterocycles. The molecule has 4 fully saturated rings. The van der Waals surface area contributed by atoms with Crippen LogP contribution in [0, 0.1) is 30.1 Å². The van der Waals surface area contributed by atoms with Gasteiger partial charge in [-0.2, -0.15) is 0 Å². The van der Waals surface area contributed by atoms with Crippen molar-refractivity contribution in [3.8, 4) is 0 Å². The van der Waals surface area contributed by atoms with Crippen molar-refractivity contribution in [2.75, 3.05) is 0 Å². The smallest absolute Gasteiger partial charge is 0.0395 e. The van der Waals surface area contributed by atoms with Gasteiger partial charge in [-0.1, -0.05) is 0 Å². The molecule has 4 saturated carbocycles. The zero-order chi connectivity index (χ0) is 13.0. The van der Waals surface area contributed by atoms with Crippen molar-refractivity contribution in [3.05, 3.63) is 21.9 Å². The molecule has 2 N–H and O–H groups in total. The van der Waals surface area contributed by atoms with E-state index < -0.39 is 0 Å². The summed E-state index contributed by atoms with van der Waals surface area (Å²) < 4.78 is 0. The monoisotopic (exact) mass is 275 g/mol. The summed E-state index contributed by atoms with van der Waals surface area (Å²) in [5.41, 5.74) is 7.16. The zero-order valence-electron chi connectivity index (χ0n) is 11.9. The fraction of sp³-hybridized carbons (Fsp3) is 0.765. The van der Waals surface area contributed by atoms with Gasteiger partial charge in [0.1, 0.15) is 0 Å². The molecule has 5 rings (SSSR count). The Morgan fingerprint density at radius 1 is 1.16 bits per heavy atom. The van der Waals surface area contributed by atoms with Gasteiger partial charge in [-0.25, -0.2) is 0 Å². The standard InChI is InChI=1S/C17H25NS/c1-11-2-3-16(19-11)15(18)10-17-7-12-4-13(8-17)6-14(5-12)9-17/h2-3,12-15H,4-10,18H2,1H3. The third-order valence-corrected chi connectivity index (χ3v) is 7.08. The van der Waals surface area contributed by atoms with Crippen LogP contribution in [0.3, 0.4) is 0 Å². The first-order valence-electron chi connectivity index (χ1n) is 7.94. The topological polar surface area (TPSA) is 26.0 Å². The Kier molecular flexibility index (Phi) is 2.82. The fourth-order valence-corrected chi connectivity index (χ4v) is 6.64. The summed E-state index contributed by atoms with van der Waals surface area (Å²) >= 11 is 1.90. The Hall–Kier alpha value is -0.340. The first kappa shape index (κ1) is 12.4. The van der Waals surface area contributed by atoms with Gasteiger partial charge >= 0.3 is 0 Å². The summed E-state index contributed by atoms with van der Waals surface area (Å²) in [5, 5.41) is 0. The summed E-state index contributed by atoms with van der Waals surface area (Å²) in [5.74, 6) is 3.13. The van der Waals surface area contributed by atoms with Gasteiger partial charge < -0.3 is 5.73 Å². The molecular weight excluding hydrogens is 250 g/mol. The van der Waals surface area contributed by atoms with E-state index in [1.807, 2.05) is 11.3 Å². The molecule has 19 heavy (non-hydrogen) atoms. The fourth-order valence-electron chi connectivity index (χ4n) is 5.76. The zero-order valence-corrected chi connectivity index (χ0v) is 12.7. The Morgan fingerprint density at radius 2 is 1.74 bits per heavy atom. The molecule has 0 spiro atoms. The maximum Gasteiger partial charge on any atom is 0.0395 e. The number of thiophene rings is 1. The van der Waals surface area contributed by atoms with Crippen molar-refractivity contribution < 1.29 is 0 Å². The SMILES string of the molecule is Cc1ccc(C(N)CC23CC4CC(CC(C4)C2)C3)s1. The number of hydrogen-bond donors (Lipinski definition) is 1. The lowest BCUT2D eigenvalue weighted by Crippen LogP contribution is -2.47. The van der Waals surface area contributed by atoms with Gasteiger partial charge in [-0.3, -0.25) is 0 Å². The van der Waals surface area contributed by atoms with Crippen molar-refractivity contribution >= 4 is 11.3 Å². The minimum atomic E-state index is 0.287. The molecule has 0 saturated heterocycles. The van der Waals surface area contributed by atoms with Crippen molar-refractivity contribution in [1.82, 2.24) is 0 Å². The highest BCUT2D eigenvalue weighted by atomic mass is 32.1. The van der Waals surface area contributed by atoms with E-state index in [-0.39, 0.29) is 6.04 Å². The highest BCUT2D eigenvalue weighted by Crippen LogP contribution is 2.62. The maximum absolute atomic E-state index is 6.54. The summed E-state index contributed by atoms with van der Waals surface area (Å²) in [6, 6.07) is 4.76. The first-order chi connectivity index (χ1) is 9.12. The van der Waals surface area contributed by atoms with Crippen molar-refractivity contribution in [1.29, 1.82) is 0 Å². The molecule has 2 heteroatoms. The van der Waals surface area contributed by atoms with Gasteiger partial charge in [0.25, 0.3) is 0 Å². The van der Waals surface area contributed by atoms with E-state index in [2.05, 4.69) is 19.1 Å². The molecule has 0 radical (unpaired) electrons. The van der Waals surface area contributed by atoms with Gasteiger partial charge in [0.05, 0.1) is 0 Å². The Morgan fingerprint density at radius 3 is 2.21 bits per heavy atom. The van der Waals surface area contributed by atoms with E-state index >= 15 is 0 Å². The Balaban J connectivity index is 1.53. The van der Waals surface area contributed by atoms with Crippen LogP contribution in [0.2, 0.25) is 0 Å². The van der Waals surface area contributed by atoms with Crippen molar-refractivity contribution in [2.24, 2.45) is 28.9 Å². The second-order valence-corrected chi connectivity index (χ2v) is 9.00. The largest absolute Gasteiger partial charge is 0.323 e. The lowest BCUT2D eigenvalue weighted by atomic mass is 9.48. The molecule has 104 valence electrons. The van der Waals surface area contributed by atoms with E-state index in [0.29, 0.717) is 5.41 Å². The molecule has 4 aliphatic rings. The lowest BCUT2D eigenvalue weighted by Gasteiger charge is -2.57. The highest BCUT2D eigenvalue weighted by molar-refractivity contribution is 7.12. The average molecular weight is 275 g/mol. The van der Waals surface area contributed by atoms with E-state index in [9.17, 15) is 0 Å². The predicted octanol–water partition coefficient (Wildman–Crippen LogP) is 4.66. The van der Waals surface area contributed by atoms with Crippen molar-refractivity contribution in [2.45, 2.75) is 57.9 Å². The van der Waals surface area contributed by atoms with Crippen LogP contribution >= 0.6 is 11.3 Å². The quantitative estimate of drug-likeness (QED) is 0.853. The van der Waals surface area contributed by atoms with Crippen LogP contribution in [-0.2, 0) is 0 Å². The summed E-state index contributed by atoms with van der Waals surface area (Å²) in [6.45, 7) is 2.19. The second-order valence-electron chi connectivity index (χ2n) is 7.68. The van der Waals surface area contributed by atoms with Gasteiger partial charge in [0.2, 0.25) is 0 Å². The minimum Gasteiger partial charge on any atom is -0.323 e. The van der Waals surface area contributed by atoms with Crippen LogP contribution in [0.5, 0.6) is 0 Å². The Bertz CT molecular complexity index is 440. The van der Waals surface area contributed by atoms with Crippen LogP contribution in [0.15, 0.2) is 12.1 Å². The average Bonchev–Trinajstić information content (AvgIpc) is 2.73. The van der Waals surface area contributed by atoms with E-state index in [1.165, 1.54) is 54.7 Å². The van der Waals surface area contributed by atoms with Crippen LogP contribution in [0.25, 0.3) is 0 Å². The number of rotatable bonds is 3. The normalized spacial score (nSPS) is 41.7. The van der Waals surface area contributed by atoms with Gasteiger partial charge in [0.15, 0.2) is 0 Å². The minimum absolute atomic E-state index is 0.287. The Labute approximate surface area is 120 Å². The molecule has 1 heterocycles. The molecule has 0 aliphatic heterocycles. The molecule has 1 nitrogen and oxygen atoms in total. The van der Waals surface area contributed by atoms with E-state index in [1.54, 1.807) is 0 Å². The summed E-state index contributed by atoms with van der Waals surface area (Å²) in [4.78, 5) is 2.81. The molecule has 4 bridgehead atoms. The molecule has 1 aromatic rings. The van der Waals surface area contributed by atoms with Crippen molar-refractivity contribution in [3.63, 3.8) is 0 Å². The van der Waals surface area contributed by atoms with Crippen LogP contribution < -0.4 is 5.73 Å². The number of hydrogen-bond acceptors (Lipinski definition) is 2. The summed E-state index contributed by atoms with van der Waals surface area (Å²) in [7, 11) is 0. The van der Waals surface area contributed by atoms with Crippen LogP contribution in [0.1, 0.15) is 60.7 Å². The van der Waals surface area contributed by atoms with E-state index in [4.69, 9.17) is 5.73 Å². The highest BCUT2D eigenvalue weighted by Gasteiger charge is 2.51. The molecule has 0 amide bonds. The molecule has 4 aliphatic carbocycles. The number of nitrogens with two attached hydrogens (primary N) is 1. The van der Waals surface area contributed by atoms with Crippen LogP contribution in [-0.4, -0.2) is 0 Å². The predicted molar refractivity (Wildman–Crippen MR) is 81.2 cm³/mol. The molecule has 1 unspecified atom stereocenters. The van der Waals surface area contributed by atoms with Gasteiger partial charge in [-0.15, -0.1) is 11.3 Å². The summed E-state index contributed by atoms with van der Waals surface area (Å²) in [6.07, 6.45) is 10.3. The number of aryl methyl sites for hydroxylation is 1. The molecule has 0 aromatic carbocycles. The van der Waals surface area contributed by atoms with Gasteiger partial charge in [-0.05, 0) is 87.2 Å². The van der Waals surface area contributed by atoms with E-state index in [0.717, 1.165) is 17.8 Å². The first-order valence-corrected chi connectivity index (χ1v) is 8.75. The maximum atomic E-state index is 6.54. The second kappa shape index (κ2) is 4.33. The van der Waals surface area contributed by atoms with Crippen LogP contribution in [0.4, 0.5) is 0 Å². The lowest BCUT2D eigenvalue weighted by molar-refractivity contribution is -0.0603. The molecule has 1 atom stereocenters. The van der Waals surface area contributed by atoms with Gasteiger partial charge in [0, 0.05) is 15.8 Å². The third-order valence-electron chi connectivity index (χ3n) is 5.94.